The van der Waals surface area contributed by atoms with Crippen molar-refractivity contribution in [3.63, 3.8) is 0 Å². The fraction of sp³-hybridized carbons (Fsp3) is 0.235. The van der Waals surface area contributed by atoms with Crippen LogP contribution in [0.5, 0.6) is 17.2 Å². The Kier molecular flexibility index (Phi) is 5.02. The minimum absolute atomic E-state index is 0.606. The second-order valence-corrected chi connectivity index (χ2v) is 4.38. The number of hydrogen-bond acceptors (Lipinski definition) is 2. The van der Waals surface area contributed by atoms with Crippen LogP contribution >= 0.6 is 0 Å². The van der Waals surface area contributed by atoms with Gasteiger partial charge in [0.2, 0.25) is 0 Å². The molecule has 0 heterocycles. The van der Waals surface area contributed by atoms with Gasteiger partial charge < -0.3 is 9.47 Å². The molecule has 2 aromatic carbocycles. The maximum Gasteiger partial charge on any atom is 0.187 e. The molecule has 0 unspecified atom stereocenters. The molecule has 0 N–H and O–H groups in total. The largest absolute Gasteiger partial charge is 0.493 e. The van der Waals surface area contributed by atoms with E-state index >= 15 is 0 Å². The zero-order valence-electron chi connectivity index (χ0n) is 11.5. The van der Waals surface area contributed by atoms with Crippen molar-refractivity contribution in [3.8, 4) is 17.2 Å². The molecule has 102 valence electrons. The molecular formula is C17H17NO2. The fourth-order valence-corrected chi connectivity index (χ4v) is 1.69. The standard InChI is InChI=1S/C17H17NO2/c1-3-4-12-19-16-6-5-7-17(13-16)20-15-10-8-14(18-2)9-11-15/h5-11,13H,3-4,12H2,1H3. The van der Waals surface area contributed by atoms with Crippen molar-refractivity contribution in [2.45, 2.75) is 19.8 Å². The van der Waals surface area contributed by atoms with Crippen LogP contribution in [0.1, 0.15) is 19.8 Å². The third-order valence-electron chi connectivity index (χ3n) is 2.77. The second-order valence-electron chi connectivity index (χ2n) is 4.38. The first-order valence-electron chi connectivity index (χ1n) is 6.70. The van der Waals surface area contributed by atoms with Crippen molar-refractivity contribution in [1.29, 1.82) is 0 Å². The molecule has 0 bridgehead atoms. The summed E-state index contributed by atoms with van der Waals surface area (Å²) in [4.78, 5) is 3.35. The maximum atomic E-state index is 6.91. The normalized spacial score (nSPS) is 9.80. The summed E-state index contributed by atoms with van der Waals surface area (Å²) in [7, 11) is 0. The van der Waals surface area contributed by atoms with Crippen LogP contribution in [0.3, 0.4) is 0 Å². The SMILES string of the molecule is [C-]#[N+]c1ccc(Oc2cccc(OCCCC)c2)cc1. The van der Waals surface area contributed by atoms with Gasteiger partial charge in [0.15, 0.2) is 5.69 Å². The number of rotatable bonds is 6. The highest BCUT2D eigenvalue weighted by Gasteiger charge is 2.00. The molecule has 0 atom stereocenters. The van der Waals surface area contributed by atoms with Crippen LogP contribution in [-0.4, -0.2) is 6.61 Å². The third-order valence-corrected chi connectivity index (χ3v) is 2.77. The molecule has 0 saturated heterocycles. The Hall–Kier alpha value is -2.47. The van der Waals surface area contributed by atoms with E-state index in [0.717, 1.165) is 30.9 Å². The minimum Gasteiger partial charge on any atom is -0.493 e. The van der Waals surface area contributed by atoms with Gasteiger partial charge in [-0.15, -0.1) is 0 Å². The van der Waals surface area contributed by atoms with E-state index in [-0.39, 0.29) is 0 Å². The molecule has 3 nitrogen and oxygen atoms in total. The van der Waals surface area contributed by atoms with E-state index in [2.05, 4.69) is 11.8 Å². The highest BCUT2D eigenvalue weighted by Crippen LogP contribution is 2.26. The van der Waals surface area contributed by atoms with Gasteiger partial charge in [-0.2, -0.15) is 0 Å². The zero-order valence-corrected chi connectivity index (χ0v) is 11.5. The van der Waals surface area contributed by atoms with Crippen molar-refractivity contribution in [1.82, 2.24) is 0 Å². The molecule has 0 aliphatic rings. The molecule has 2 rings (SSSR count). The fourth-order valence-electron chi connectivity index (χ4n) is 1.69. The van der Waals surface area contributed by atoms with Gasteiger partial charge in [0.05, 0.1) is 13.2 Å². The first-order chi connectivity index (χ1) is 9.81. The lowest BCUT2D eigenvalue weighted by atomic mass is 10.3. The minimum atomic E-state index is 0.606. The van der Waals surface area contributed by atoms with Gasteiger partial charge in [-0.05, 0) is 30.7 Å². The van der Waals surface area contributed by atoms with E-state index in [1.165, 1.54) is 0 Å². The molecule has 3 heteroatoms. The topological polar surface area (TPSA) is 22.8 Å². The molecule has 0 fully saturated rings. The smallest absolute Gasteiger partial charge is 0.187 e. The molecule has 20 heavy (non-hydrogen) atoms. The maximum absolute atomic E-state index is 6.91. The average Bonchev–Trinajstić information content (AvgIpc) is 2.49. The number of unbranched alkanes of at least 4 members (excludes halogenated alkanes) is 1. The lowest BCUT2D eigenvalue weighted by Gasteiger charge is -2.09. The van der Waals surface area contributed by atoms with Crippen LogP contribution in [-0.2, 0) is 0 Å². The third kappa shape index (κ3) is 4.03. The number of ether oxygens (including phenoxy) is 2. The predicted molar refractivity (Wildman–Crippen MR) is 79.6 cm³/mol. The summed E-state index contributed by atoms with van der Waals surface area (Å²) in [6.45, 7) is 9.77. The van der Waals surface area contributed by atoms with Crippen LogP contribution in [0.15, 0.2) is 48.5 Å². The van der Waals surface area contributed by atoms with E-state index in [9.17, 15) is 0 Å². The van der Waals surface area contributed by atoms with E-state index in [1.807, 2.05) is 24.3 Å². The molecule has 0 saturated carbocycles. The van der Waals surface area contributed by atoms with Crippen molar-refractivity contribution in [2.24, 2.45) is 0 Å². The van der Waals surface area contributed by atoms with E-state index in [4.69, 9.17) is 16.0 Å². The molecule has 0 aromatic heterocycles. The summed E-state index contributed by atoms with van der Waals surface area (Å²) >= 11 is 0. The number of benzene rings is 2. The molecule has 0 radical (unpaired) electrons. The summed E-state index contributed by atoms with van der Waals surface area (Å²) in [5.41, 5.74) is 0.606. The molecular weight excluding hydrogens is 250 g/mol. The predicted octanol–water partition coefficient (Wildman–Crippen LogP) is 5.21. The van der Waals surface area contributed by atoms with Gasteiger partial charge in [-0.25, -0.2) is 4.85 Å². The second kappa shape index (κ2) is 7.20. The van der Waals surface area contributed by atoms with Gasteiger partial charge in [-0.3, -0.25) is 0 Å². The monoisotopic (exact) mass is 267 g/mol. The first-order valence-corrected chi connectivity index (χ1v) is 6.70. The molecule has 0 amide bonds. The summed E-state index contributed by atoms with van der Waals surface area (Å²) in [5, 5.41) is 0. The number of hydrogen-bond donors (Lipinski definition) is 0. The lowest BCUT2D eigenvalue weighted by Crippen LogP contribution is -1.96. The molecule has 0 aliphatic heterocycles. The average molecular weight is 267 g/mol. The molecule has 2 aromatic rings. The van der Waals surface area contributed by atoms with Gasteiger partial charge in [-0.1, -0.05) is 31.5 Å². The number of nitrogens with zero attached hydrogens (tertiary/aromatic N) is 1. The van der Waals surface area contributed by atoms with E-state index < -0.39 is 0 Å². The summed E-state index contributed by atoms with van der Waals surface area (Å²) in [5.74, 6) is 2.26. The van der Waals surface area contributed by atoms with Crippen molar-refractivity contribution < 1.29 is 9.47 Å². The van der Waals surface area contributed by atoms with Crippen LogP contribution in [0.4, 0.5) is 5.69 Å². The van der Waals surface area contributed by atoms with E-state index in [1.54, 1.807) is 24.3 Å². The summed E-state index contributed by atoms with van der Waals surface area (Å²) in [6.07, 6.45) is 2.16. The van der Waals surface area contributed by atoms with Crippen LogP contribution < -0.4 is 9.47 Å². The van der Waals surface area contributed by atoms with Gasteiger partial charge >= 0.3 is 0 Å². The summed E-state index contributed by atoms with van der Waals surface area (Å²) < 4.78 is 11.4. The summed E-state index contributed by atoms with van der Waals surface area (Å²) in [6, 6.07) is 14.6. The Morgan fingerprint density at radius 3 is 2.45 bits per heavy atom. The van der Waals surface area contributed by atoms with Gasteiger partial charge in [0.25, 0.3) is 0 Å². The Morgan fingerprint density at radius 1 is 1.00 bits per heavy atom. The van der Waals surface area contributed by atoms with Crippen molar-refractivity contribution >= 4 is 5.69 Å². The Bertz CT molecular complexity index is 585. The van der Waals surface area contributed by atoms with Crippen LogP contribution in [0.2, 0.25) is 0 Å². The van der Waals surface area contributed by atoms with Crippen LogP contribution in [0, 0.1) is 6.57 Å². The highest BCUT2D eigenvalue weighted by molar-refractivity contribution is 5.48. The van der Waals surface area contributed by atoms with Gasteiger partial charge in [0.1, 0.15) is 17.2 Å². The molecule has 0 spiro atoms. The van der Waals surface area contributed by atoms with E-state index in [0.29, 0.717) is 11.4 Å². The Morgan fingerprint density at radius 2 is 1.75 bits per heavy atom. The zero-order chi connectivity index (χ0) is 14.2. The first kappa shape index (κ1) is 14.0. The van der Waals surface area contributed by atoms with Crippen LogP contribution in [0.25, 0.3) is 4.85 Å². The Balaban J connectivity index is 2.01. The van der Waals surface area contributed by atoms with Crippen molar-refractivity contribution in [2.75, 3.05) is 6.61 Å². The molecule has 0 aliphatic carbocycles. The van der Waals surface area contributed by atoms with Gasteiger partial charge in [0, 0.05) is 6.07 Å². The lowest BCUT2D eigenvalue weighted by molar-refractivity contribution is 0.308. The quantitative estimate of drug-likeness (QED) is 0.529. The Labute approximate surface area is 119 Å². The highest BCUT2D eigenvalue weighted by atomic mass is 16.5. The van der Waals surface area contributed by atoms with Crippen molar-refractivity contribution in [3.05, 3.63) is 59.9 Å².